The highest BCUT2D eigenvalue weighted by Crippen LogP contribution is 2.12. The van der Waals surface area contributed by atoms with E-state index < -0.39 is 11.0 Å². The monoisotopic (exact) mass is 216 g/mol. The summed E-state index contributed by atoms with van der Waals surface area (Å²) < 4.78 is 15.1. The Labute approximate surface area is 84.5 Å². The molecule has 0 radical (unpaired) electrons. The molecule has 0 unspecified atom stereocenters. The van der Waals surface area contributed by atoms with Crippen molar-refractivity contribution in [1.29, 1.82) is 0 Å². The van der Waals surface area contributed by atoms with Crippen molar-refractivity contribution in [3.63, 3.8) is 0 Å². The van der Waals surface area contributed by atoms with Gasteiger partial charge in [0.2, 0.25) is 0 Å². The van der Waals surface area contributed by atoms with Crippen molar-refractivity contribution < 1.29 is 4.21 Å². The van der Waals surface area contributed by atoms with Gasteiger partial charge in [-0.15, -0.1) is 11.3 Å². The summed E-state index contributed by atoms with van der Waals surface area (Å²) in [4.78, 5) is 4.82. The van der Waals surface area contributed by atoms with Gasteiger partial charge in [-0.3, -0.25) is 4.98 Å². The minimum absolute atomic E-state index is 0.290. The van der Waals surface area contributed by atoms with Crippen LogP contribution in [0.1, 0.15) is 25.6 Å². The van der Waals surface area contributed by atoms with Crippen LogP contribution >= 0.6 is 11.3 Å². The van der Waals surface area contributed by atoms with Gasteiger partial charge in [0, 0.05) is 6.20 Å². The maximum atomic E-state index is 11.5. The molecule has 1 atom stereocenters. The second kappa shape index (κ2) is 4.11. The van der Waals surface area contributed by atoms with Crippen molar-refractivity contribution in [1.82, 2.24) is 4.98 Å². The van der Waals surface area contributed by atoms with Crippen molar-refractivity contribution in [3.8, 4) is 0 Å². The first-order valence-electron chi connectivity index (χ1n) is 3.85. The summed E-state index contributed by atoms with van der Waals surface area (Å²) in [5.74, 6) is 0. The van der Waals surface area contributed by atoms with E-state index in [4.69, 9.17) is 0 Å². The maximum Gasteiger partial charge on any atom is 0.144 e. The zero-order valence-corrected chi connectivity index (χ0v) is 9.48. The third-order valence-electron chi connectivity index (χ3n) is 1.25. The van der Waals surface area contributed by atoms with Gasteiger partial charge in [-0.2, -0.15) is 4.40 Å². The van der Waals surface area contributed by atoms with E-state index in [0.29, 0.717) is 0 Å². The van der Waals surface area contributed by atoms with E-state index in [1.54, 1.807) is 17.9 Å². The standard InChI is InChI=1S/C8H12N2OS2/c1-8(2,3)13(11)10-5-7-4-9-6-12-7/h4-6H,1-3H3/b10-5+/t13-/m1/s1. The van der Waals surface area contributed by atoms with Crippen LogP contribution in [-0.4, -0.2) is 20.2 Å². The molecule has 0 aromatic carbocycles. The van der Waals surface area contributed by atoms with E-state index in [2.05, 4.69) is 9.38 Å². The summed E-state index contributed by atoms with van der Waals surface area (Å²) in [5, 5.41) is 0. The molecule has 13 heavy (non-hydrogen) atoms. The van der Waals surface area contributed by atoms with Crippen molar-refractivity contribution in [2.75, 3.05) is 0 Å². The Morgan fingerprint density at radius 3 is 2.77 bits per heavy atom. The van der Waals surface area contributed by atoms with Crippen LogP contribution in [0.25, 0.3) is 0 Å². The molecule has 0 fully saturated rings. The van der Waals surface area contributed by atoms with Gasteiger partial charge < -0.3 is 0 Å². The second-order valence-corrected chi connectivity index (χ2v) is 6.35. The highest BCUT2D eigenvalue weighted by Gasteiger charge is 2.17. The maximum absolute atomic E-state index is 11.5. The second-order valence-electron chi connectivity index (χ2n) is 3.50. The van der Waals surface area contributed by atoms with Crippen molar-refractivity contribution >= 4 is 28.5 Å². The van der Waals surface area contributed by atoms with Crippen LogP contribution in [0.15, 0.2) is 16.1 Å². The Kier molecular flexibility index (Phi) is 3.33. The normalized spacial score (nSPS) is 15.0. The van der Waals surface area contributed by atoms with Crippen LogP contribution in [0.2, 0.25) is 0 Å². The van der Waals surface area contributed by atoms with Crippen LogP contribution in [0.3, 0.4) is 0 Å². The minimum atomic E-state index is -1.17. The van der Waals surface area contributed by atoms with E-state index in [1.807, 2.05) is 20.8 Å². The number of aromatic nitrogens is 1. The number of hydrogen-bond donors (Lipinski definition) is 0. The molecule has 1 rings (SSSR count). The van der Waals surface area contributed by atoms with E-state index in [0.717, 1.165) is 4.88 Å². The summed E-state index contributed by atoms with van der Waals surface area (Å²) >= 11 is 1.48. The topological polar surface area (TPSA) is 42.3 Å². The highest BCUT2D eigenvalue weighted by atomic mass is 32.2. The van der Waals surface area contributed by atoms with Gasteiger partial charge in [0.15, 0.2) is 0 Å². The van der Waals surface area contributed by atoms with Gasteiger partial charge in [-0.05, 0) is 20.8 Å². The quantitative estimate of drug-likeness (QED) is 0.710. The molecule has 72 valence electrons. The first kappa shape index (κ1) is 10.5. The molecule has 3 nitrogen and oxygen atoms in total. The molecular weight excluding hydrogens is 204 g/mol. The predicted octanol–water partition coefficient (Wildman–Crippen LogP) is 2.02. The molecule has 0 bridgehead atoms. The molecular formula is C8H12N2OS2. The number of hydrogen-bond acceptors (Lipinski definition) is 3. The lowest BCUT2D eigenvalue weighted by molar-refractivity contribution is 0.651. The smallest absolute Gasteiger partial charge is 0.144 e. The summed E-state index contributed by atoms with van der Waals surface area (Å²) in [7, 11) is -1.17. The average molecular weight is 216 g/mol. The van der Waals surface area contributed by atoms with Gasteiger partial charge in [-0.1, -0.05) is 0 Å². The molecule has 0 aliphatic heterocycles. The van der Waals surface area contributed by atoms with Gasteiger partial charge in [0.1, 0.15) is 11.0 Å². The third-order valence-corrected chi connectivity index (χ3v) is 3.31. The highest BCUT2D eigenvalue weighted by molar-refractivity contribution is 7.85. The van der Waals surface area contributed by atoms with Crippen LogP contribution in [0, 0.1) is 0 Å². The summed E-state index contributed by atoms with van der Waals surface area (Å²) in [5.41, 5.74) is 1.72. The van der Waals surface area contributed by atoms with Gasteiger partial charge in [0.05, 0.1) is 21.3 Å². The van der Waals surface area contributed by atoms with E-state index >= 15 is 0 Å². The number of nitrogens with zero attached hydrogens (tertiary/aromatic N) is 2. The molecule has 1 aromatic heterocycles. The molecule has 5 heteroatoms. The van der Waals surface area contributed by atoms with E-state index in [9.17, 15) is 4.21 Å². The van der Waals surface area contributed by atoms with Gasteiger partial charge >= 0.3 is 0 Å². The summed E-state index contributed by atoms with van der Waals surface area (Å²) in [6.07, 6.45) is 3.31. The van der Waals surface area contributed by atoms with E-state index in [-0.39, 0.29) is 4.75 Å². The molecule has 0 amide bonds. The third kappa shape index (κ3) is 3.36. The first-order chi connectivity index (χ1) is 6.00. The number of rotatable bonds is 2. The van der Waals surface area contributed by atoms with Crippen molar-refractivity contribution in [3.05, 3.63) is 16.6 Å². The Morgan fingerprint density at radius 1 is 1.62 bits per heavy atom. The van der Waals surface area contributed by atoms with Crippen molar-refractivity contribution in [2.24, 2.45) is 4.40 Å². The molecule has 0 aliphatic rings. The zero-order valence-electron chi connectivity index (χ0n) is 7.85. The SMILES string of the molecule is CC(C)(C)[S@@](=O)/N=C/c1cncs1. The molecule has 0 saturated heterocycles. The molecule has 1 heterocycles. The lowest BCUT2D eigenvalue weighted by atomic mass is 10.3. The molecule has 0 saturated carbocycles. The zero-order chi connectivity index (χ0) is 9.90. The lowest BCUT2D eigenvalue weighted by Gasteiger charge is -2.12. The van der Waals surface area contributed by atoms with Crippen LogP contribution < -0.4 is 0 Å². The summed E-state index contributed by atoms with van der Waals surface area (Å²) in [6.45, 7) is 5.69. The average Bonchev–Trinajstić information content (AvgIpc) is 2.50. The Hall–Kier alpha value is -0.550. The molecule has 0 spiro atoms. The predicted molar refractivity (Wildman–Crippen MR) is 57.6 cm³/mol. The fourth-order valence-corrected chi connectivity index (χ4v) is 1.62. The van der Waals surface area contributed by atoms with Gasteiger partial charge in [0.25, 0.3) is 0 Å². The van der Waals surface area contributed by atoms with Crippen LogP contribution in [0.5, 0.6) is 0 Å². The lowest BCUT2D eigenvalue weighted by Crippen LogP contribution is -2.19. The van der Waals surface area contributed by atoms with Gasteiger partial charge in [-0.25, -0.2) is 4.21 Å². The van der Waals surface area contributed by atoms with Crippen LogP contribution in [0.4, 0.5) is 0 Å². The largest absolute Gasteiger partial charge is 0.252 e. The van der Waals surface area contributed by atoms with E-state index in [1.165, 1.54) is 11.3 Å². The number of thiazole rings is 1. The Balaban J connectivity index is 2.65. The first-order valence-corrected chi connectivity index (χ1v) is 5.83. The Bertz CT molecular complexity index is 311. The molecule has 1 aromatic rings. The fourth-order valence-electron chi connectivity index (χ4n) is 0.547. The fraction of sp³-hybridized carbons (Fsp3) is 0.500. The Morgan fingerprint density at radius 2 is 2.31 bits per heavy atom. The van der Waals surface area contributed by atoms with Crippen molar-refractivity contribution in [2.45, 2.75) is 25.5 Å². The molecule has 0 aliphatic carbocycles. The minimum Gasteiger partial charge on any atom is -0.252 e. The molecule has 0 N–H and O–H groups in total. The summed E-state index contributed by atoms with van der Waals surface area (Å²) in [6, 6.07) is 0. The van der Waals surface area contributed by atoms with Crippen LogP contribution in [-0.2, 0) is 11.0 Å².